The van der Waals surface area contributed by atoms with Gasteiger partial charge < -0.3 is 15.1 Å². The van der Waals surface area contributed by atoms with E-state index in [0.717, 1.165) is 37.0 Å². The molecule has 7 heteroatoms. The molecular weight excluding hydrogens is 354 g/mol. The van der Waals surface area contributed by atoms with Crippen LogP contribution in [0, 0.1) is 6.92 Å². The molecule has 0 saturated carbocycles. The zero-order chi connectivity index (χ0) is 19.5. The zero-order valence-corrected chi connectivity index (χ0v) is 16.3. The lowest BCUT2D eigenvalue weighted by molar-refractivity contribution is 0.200. The van der Waals surface area contributed by atoms with Crippen LogP contribution in [0.25, 0.3) is 11.0 Å². The molecule has 0 unspecified atom stereocenters. The van der Waals surface area contributed by atoms with Gasteiger partial charge in [-0.05, 0) is 65.5 Å². The van der Waals surface area contributed by atoms with E-state index in [4.69, 9.17) is 4.63 Å². The number of aromatic nitrogens is 2. The molecule has 28 heavy (non-hydrogen) atoms. The number of nitrogens with zero attached hydrogens (tertiary/aromatic N) is 4. The fourth-order valence-electron chi connectivity index (χ4n) is 3.66. The fourth-order valence-corrected chi connectivity index (χ4v) is 3.66. The highest BCUT2D eigenvalue weighted by Gasteiger charge is 2.22. The highest BCUT2D eigenvalue weighted by molar-refractivity contribution is 5.75. The van der Waals surface area contributed by atoms with Crippen LogP contribution in [-0.4, -0.2) is 47.4 Å². The number of aryl methyl sites for hydroxylation is 1. The third kappa shape index (κ3) is 4.08. The van der Waals surface area contributed by atoms with Crippen LogP contribution in [0.1, 0.15) is 24.0 Å². The molecule has 2 heterocycles. The molecule has 1 N–H and O–H groups in total. The molecule has 1 aliphatic heterocycles. The van der Waals surface area contributed by atoms with Crippen LogP contribution in [0.4, 0.5) is 10.5 Å². The maximum atomic E-state index is 12.6. The lowest BCUT2D eigenvalue weighted by Crippen LogP contribution is -2.48. The van der Waals surface area contributed by atoms with Crippen molar-refractivity contribution >= 4 is 22.8 Å². The summed E-state index contributed by atoms with van der Waals surface area (Å²) in [7, 11) is 1.81. The monoisotopic (exact) mass is 379 g/mol. The van der Waals surface area contributed by atoms with Gasteiger partial charge in [0.15, 0.2) is 0 Å². The fraction of sp³-hybridized carbons (Fsp3) is 0.381. The number of urea groups is 1. The Bertz CT molecular complexity index is 962. The molecule has 0 atom stereocenters. The standard InChI is InChI=1S/C21H25N5O2/c1-15-4-3-5-18(12-15)26-10-8-17(9-11-26)22-21(27)25(2)14-16-6-7-19-20(13-16)24-28-23-19/h3-7,12-13,17H,8-11,14H2,1-2H3,(H,22,27). The summed E-state index contributed by atoms with van der Waals surface area (Å²) in [6.07, 6.45) is 1.90. The van der Waals surface area contributed by atoms with E-state index in [9.17, 15) is 4.79 Å². The quantitative estimate of drug-likeness (QED) is 0.752. The van der Waals surface area contributed by atoms with Crippen molar-refractivity contribution in [1.29, 1.82) is 0 Å². The Labute approximate surface area is 164 Å². The topological polar surface area (TPSA) is 74.5 Å². The van der Waals surface area contributed by atoms with E-state index in [1.54, 1.807) is 4.90 Å². The molecule has 146 valence electrons. The van der Waals surface area contributed by atoms with Crippen LogP contribution in [-0.2, 0) is 6.54 Å². The van der Waals surface area contributed by atoms with Gasteiger partial charge in [-0.3, -0.25) is 0 Å². The van der Waals surface area contributed by atoms with E-state index in [1.165, 1.54) is 11.3 Å². The molecular formula is C21H25N5O2. The van der Waals surface area contributed by atoms with Crippen LogP contribution < -0.4 is 10.2 Å². The van der Waals surface area contributed by atoms with Gasteiger partial charge in [0.25, 0.3) is 0 Å². The van der Waals surface area contributed by atoms with Gasteiger partial charge in [-0.25, -0.2) is 9.42 Å². The third-order valence-electron chi connectivity index (χ3n) is 5.27. The molecule has 2 amide bonds. The number of anilines is 1. The third-order valence-corrected chi connectivity index (χ3v) is 5.27. The number of hydrogen-bond acceptors (Lipinski definition) is 5. The first kappa shape index (κ1) is 18.3. The lowest BCUT2D eigenvalue weighted by Gasteiger charge is -2.34. The van der Waals surface area contributed by atoms with Gasteiger partial charge >= 0.3 is 6.03 Å². The molecule has 1 aliphatic rings. The van der Waals surface area contributed by atoms with Crippen LogP contribution in [0.5, 0.6) is 0 Å². The van der Waals surface area contributed by atoms with Crippen molar-refractivity contribution in [2.75, 3.05) is 25.0 Å². The summed E-state index contributed by atoms with van der Waals surface area (Å²) in [5.74, 6) is 0. The Morgan fingerprint density at radius 2 is 1.96 bits per heavy atom. The highest BCUT2D eigenvalue weighted by Crippen LogP contribution is 2.21. The summed E-state index contributed by atoms with van der Waals surface area (Å²) >= 11 is 0. The smallest absolute Gasteiger partial charge is 0.317 e. The minimum Gasteiger partial charge on any atom is -0.371 e. The van der Waals surface area contributed by atoms with Crippen LogP contribution >= 0.6 is 0 Å². The second-order valence-electron chi connectivity index (χ2n) is 7.49. The highest BCUT2D eigenvalue weighted by atomic mass is 16.6. The molecule has 0 aliphatic carbocycles. The molecule has 2 aromatic carbocycles. The molecule has 7 nitrogen and oxygen atoms in total. The Kier molecular flexibility index (Phi) is 5.14. The van der Waals surface area contributed by atoms with E-state index >= 15 is 0 Å². The number of carbonyl (C=O) groups is 1. The minimum atomic E-state index is -0.0487. The molecule has 4 rings (SSSR count). The number of hydrogen-bond donors (Lipinski definition) is 1. The molecule has 1 saturated heterocycles. The average Bonchev–Trinajstić information content (AvgIpc) is 3.16. The lowest BCUT2D eigenvalue weighted by atomic mass is 10.0. The maximum absolute atomic E-state index is 12.6. The van der Waals surface area contributed by atoms with E-state index in [1.807, 2.05) is 25.2 Å². The molecule has 1 fully saturated rings. The SMILES string of the molecule is Cc1cccc(N2CCC(NC(=O)N(C)Cc3ccc4nonc4c3)CC2)c1. The van der Waals surface area contributed by atoms with Crippen molar-refractivity contribution in [3.8, 4) is 0 Å². The van der Waals surface area contributed by atoms with Gasteiger partial charge in [-0.1, -0.05) is 18.2 Å². The number of benzene rings is 2. The number of fused-ring (bicyclic) bond motifs is 1. The van der Waals surface area contributed by atoms with Crippen molar-refractivity contribution < 1.29 is 9.42 Å². The summed E-state index contributed by atoms with van der Waals surface area (Å²) in [6.45, 7) is 4.53. The number of amides is 2. The predicted octanol–water partition coefficient (Wildman–Crippen LogP) is 3.34. The van der Waals surface area contributed by atoms with Crippen LogP contribution in [0.3, 0.4) is 0 Å². The van der Waals surface area contributed by atoms with Gasteiger partial charge in [0.05, 0.1) is 0 Å². The van der Waals surface area contributed by atoms with Crippen molar-refractivity contribution in [2.45, 2.75) is 32.4 Å². The van der Waals surface area contributed by atoms with Gasteiger partial charge in [0.2, 0.25) is 0 Å². The summed E-state index contributed by atoms with van der Waals surface area (Å²) in [5.41, 5.74) is 4.95. The van der Waals surface area contributed by atoms with E-state index in [2.05, 4.69) is 51.7 Å². The van der Waals surface area contributed by atoms with Crippen molar-refractivity contribution in [3.05, 3.63) is 53.6 Å². The summed E-state index contributed by atoms with van der Waals surface area (Å²) < 4.78 is 4.72. The Hall–Kier alpha value is -3.09. The van der Waals surface area contributed by atoms with E-state index in [0.29, 0.717) is 12.1 Å². The summed E-state index contributed by atoms with van der Waals surface area (Å²) in [6, 6.07) is 14.4. The Morgan fingerprint density at radius 1 is 1.18 bits per heavy atom. The van der Waals surface area contributed by atoms with Crippen molar-refractivity contribution in [1.82, 2.24) is 20.5 Å². The van der Waals surface area contributed by atoms with Crippen LogP contribution in [0.15, 0.2) is 47.1 Å². The first-order valence-corrected chi connectivity index (χ1v) is 9.63. The second kappa shape index (κ2) is 7.88. The molecule has 0 bridgehead atoms. The largest absolute Gasteiger partial charge is 0.371 e. The predicted molar refractivity (Wildman–Crippen MR) is 108 cm³/mol. The minimum absolute atomic E-state index is 0.0487. The normalized spacial score (nSPS) is 15.0. The number of piperidine rings is 1. The average molecular weight is 379 g/mol. The molecule has 1 aromatic heterocycles. The Balaban J connectivity index is 1.29. The first-order valence-electron chi connectivity index (χ1n) is 9.63. The molecule has 3 aromatic rings. The molecule has 0 radical (unpaired) electrons. The number of rotatable bonds is 4. The molecule has 0 spiro atoms. The second-order valence-corrected chi connectivity index (χ2v) is 7.49. The first-order chi connectivity index (χ1) is 13.6. The summed E-state index contributed by atoms with van der Waals surface area (Å²) in [5, 5.41) is 10.8. The Morgan fingerprint density at radius 3 is 2.75 bits per heavy atom. The van der Waals surface area contributed by atoms with E-state index in [-0.39, 0.29) is 12.1 Å². The summed E-state index contributed by atoms with van der Waals surface area (Å²) in [4.78, 5) is 16.7. The van der Waals surface area contributed by atoms with Crippen LogP contribution in [0.2, 0.25) is 0 Å². The van der Waals surface area contributed by atoms with Gasteiger partial charge in [0, 0.05) is 38.4 Å². The van der Waals surface area contributed by atoms with Gasteiger partial charge in [0.1, 0.15) is 11.0 Å². The zero-order valence-electron chi connectivity index (χ0n) is 16.3. The van der Waals surface area contributed by atoms with Crippen molar-refractivity contribution in [2.24, 2.45) is 0 Å². The maximum Gasteiger partial charge on any atom is 0.317 e. The van der Waals surface area contributed by atoms with Gasteiger partial charge in [-0.2, -0.15) is 0 Å². The van der Waals surface area contributed by atoms with E-state index < -0.39 is 0 Å². The number of nitrogens with one attached hydrogen (secondary N) is 1. The van der Waals surface area contributed by atoms with Gasteiger partial charge in [-0.15, -0.1) is 0 Å². The number of carbonyl (C=O) groups excluding carboxylic acids is 1. The van der Waals surface area contributed by atoms with Crippen molar-refractivity contribution in [3.63, 3.8) is 0 Å².